The van der Waals surface area contributed by atoms with E-state index in [-0.39, 0.29) is 0 Å². The van der Waals surface area contributed by atoms with E-state index in [4.69, 9.17) is 11.6 Å². The van der Waals surface area contributed by atoms with Gasteiger partial charge in [-0.2, -0.15) is 5.10 Å². The van der Waals surface area contributed by atoms with E-state index in [1.807, 2.05) is 6.92 Å². The Morgan fingerprint density at radius 2 is 2.30 bits per heavy atom. The molecule has 0 spiro atoms. The summed E-state index contributed by atoms with van der Waals surface area (Å²) in [5.74, 6) is 0. The maximum Gasteiger partial charge on any atom is 0.138 e. The smallest absolute Gasteiger partial charge is 0.138 e. The molecule has 108 valence electrons. The molecule has 0 N–H and O–H groups in total. The second-order valence-electron chi connectivity index (χ2n) is 5.37. The summed E-state index contributed by atoms with van der Waals surface area (Å²) in [4.78, 5) is 2.44. The Morgan fingerprint density at radius 1 is 1.45 bits per heavy atom. The average Bonchev–Trinajstić information content (AvgIpc) is 3.06. The van der Waals surface area contributed by atoms with Crippen LogP contribution >= 0.6 is 23.1 Å². The maximum absolute atomic E-state index is 6.10. The van der Waals surface area contributed by atoms with Crippen LogP contribution in [0.15, 0.2) is 6.07 Å². The number of hydrogen-bond acceptors (Lipinski definition) is 5. The molecule has 0 radical (unpaired) electrons. The Bertz CT molecular complexity index is 593. The molecule has 2 aromatic rings. The Morgan fingerprint density at radius 3 is 2.95 bits per heavy atom. The van der Waals surface area contributed by atoms with Crippen molar-refractivity contribution in [3.8, 4) is 0 Å². The van der Waals surface area contributed by atoms with Crippen molar-refractivity contribution in [2.45, 2.75) is 45.8 Å². The molecule has 5 nitrogen and oxygen atoms in total. The predicted octanol–water partition coefficient (Wildman–Crippen LogP) is 2.67. The van der Waals surface area contributed by atoms with Crippen LogP contribution in [0.2, 0.25) is 4.34 Å². The van der Waals surface area contributed by atoms with Gasteiger partial charge in [-0.15, -0.1) is 5.10 Å². The molecular formula is C13H18ClN5S. The molecule has 3 heterocycles. The fraction of sp³-hybridized carbons (Fsp3) is 0.615. The molecular weight excluding hydrogens is 294 g/mol. The molecule has 1 fully saturated rings. The van der Waals surface area contributed by atoms with E-state index < -0.39 is 0 Å². The van der Waals surface area contributed by atoms with Crippen LogP contribution in [0.1, 0.15) is 29.9 Å². The standard InChI is InChI=1S/C13H18ClN5S/c1-9-6-10(2)19(16-9)7-11-4-3-5-18(11)8-12-13(14)20-17-15-12/h6,11H,3-5,7-8H2,1-2H3/t11-/m0/s1. The van der Waals surface area contributed by atoms with Crippen molar-refractivity contribution in [2.24, 2.45) is 0 Å². The van der Waals surface area contributed by atoms with E-state index in [1.165, 1.54) is 30.1 Å². The molecule has 0 amide bonds. The molecule has 0 aromatic carbocycles. The predicted molar refractivity (Wildman–Crippen MR) is 80.1 cm³/mol. The van der Waals surface area contributed by atoms with Gasteiger partial charge in [0.15, 0.2) is 0 Å². The molecule has 20 heavy (non-hydrogen) atoms. The van der Waals surface area contributed by atoms with Gasteiger partial charge in [-0.3, -0.25) is 9.58 Å². The molecule has 1 aliphatic rings. The van der Waals surface area contributed by atoms with E-state index >= 15 is 0 Å². The zero-order chi connectivity index (χ0) is 14.1. The van der Waals surface area contributed by atoms with E-state index in [0.29, 0.717) is 10.4 Å². The average molecular weight is 312 g/mol. The number of hydrogen-bond donors (Lipinski definition) is 0. The molecule has 2 aromatic heterocycles. The van der Waals surface area contributed by atoms with E-state index in [0.717, 1.165) is 31.0 Å². The van der Waals surface area contributed by atoms with Gasteiger partial charge < -0.3 is 0 Å². The van der Waals surface area contributed by atoms with Crippen molar-refractivity contribution in [1.29, 1.82) is 0 Å². The van der Waals surface area contributed by atoms with Crippen LogP contribution in [0.3, 0.4) is 0 Å². The van der Waals surface area contributed by atoms with Crippen LogP contribution < -0.4 is 0 Å². The second-order valence-corrected chi connectivity index (χ2v) is 6.73. The molecule has 0 bridgehead atoms. The van der Waals surface area contributed by atoms with Gasteiger partial charge in [-0.25, -0.2) is 0 Å². The third kappa shape index (κ3) is 2.87. The Hall–Kier alpha value is -0.980. The van der Waals surface area contributed by atoms with Crippen LogP contribution in [0.4, 0.5) is 0 Å². The summed E-state index contributed by atoms with van der Waals surface area (Å²) in [6, 6.07) is 2.63. The number of rotatable bonds is 4. The Labute approximate surface area is 127 Å². The molecule has 1 aliphatic heterocycles. The zero-order valence-electron chi connectivity index (χ0n) is 11.7. The first-order chi connectivity index (χ1) is 9.63. The largest absolute Gasteiger partial charge is 0.293 e. The van der Waals surface area contributed by atoms with Crippen molar-refractivity contribution in [1.82, 2.24) is 24.3 Å². The van der Waals surface area contributed by atoms with Gasteiger partial charge in [0.25, 0.3) is 0 Å². The molecule has 0 saturated carbocycles. The molecule has 1 atom stereocenters. The van der Waals surface area contributed by atoms with Crippen molar-refractivity contribution in [3.63, 3.8) is 0 Å². The van der Waals surface area contributed by atoms with Crippen LogP contribution in [0.25, 0.3) is 0 Å². The van der Waals surface area contributed by atoms with Gasteiger partial charge in [0, 0.05) is 29.8 Å². The quantitative estimate of drug-likeness (QED) is 0.871. The highest BCUT2D eigenvalue weighted by atomic mass is 35.5. The minimum absolute atomic E-state index is 0.505. The lowest BCUT2D eigenvalue weighted by molar-refractivity contribution is 0.215. The lowest BCUT2D eigenvalue weighted by Crippen LogP contribution is -2.33. The highest BCUT2D eigenvalue weighted by Gasteiger charge is 2.27. The molecule has 7 heteroatoms. The van der Waals surface area contributed by atoms with Gasteiger partial charge in [0.2, 0.25) is 0 Å². The summed E-state index contributed by atoms with van der Waals surface area (Å²) in [6.07, 6.45) is 2.42. The van der Waals surface area contributed by atoms with Crippen LogP contribution in [-0.2, 0) is 13.1 Å². The molecule has 1 saturated heterocycles. The second kappa shape index (κ2) is 5.79. The van der Waals surface area contributed by atoms with Crippen molar-refractivity contribution in [2.75, 3.05) is 6.54 Å². The lowest BCUT2D eigenvalue weighted by Gasteiger charge is -2.24. The molecule has 0 aliphatic carbocycles. The minimum atomic E-state index is 0.505. The normalized spacial score (nSPS) is 19.9. The van der Waals surface area contributed by atoms with Gasteiger partial charge in [0.05, 0.1) is 12.2 Å². The zero-order valence-corrected chi connectivity index (χ0v) is 13.3. The summed E-state index contributed by atoms with van der Waals surface area (Å²) in [5.41, 5.74) is 3.21. The Balaban J connectivity index is 1.69. The van der Waals surface area contributed by atoms with Crippen molar-refractivity contribution in [3.05, 3.63) is 27.5 Å². The maximum atomic E-state index is 6.10. The monoisotopic (exact) mass is 311 g/mol. The highest BCUT2D eigenvalue weighted by molar-refractivity contribution is 7.10. The van der Waals surface area contributed by atoms with E-state index in [2.05, 4.69) is 37.3 Å². The summed E-state index contributed by atoms with van der Waals surface area (Å²) in [5, 5.41) is 8.68. The van der Waals surface area contributed by atoms with Crippen LogP contribution in [0.5, 0.6) is 0 Å². The van der Waals surface area contributed by atoms with Crippen molar-refractivity contribution >= 4 is 23.1 Å². The third-order valence-corrected chi connectivity index (χ3v) is 4.83. The first-order valence-electron chi connectivity index (χ1n) is 6.85. The fourth-order valence-electron chi connectivity index (χ4n) is 2.85. The van der Waals surface area contributed by atoms with Gasteiger partial charge in [0.1, 0.15) is 10.0 Å². The molecule has 3 rings (SSSR count). The highest BCUT2D eigenvalue weighted by Crippen LogP contribution is 2.25. The third-order valence-electron chi connectivity index (χ3n) is 3.85. The van der Waals surface area contributed by atoms with E-state index in [9.17, 15) is 0 Å². The number of aryl methyl sites for hydroxylation is 2. The molecule has 0 unspecified atom stereocenters. The van der Waals surface area contributed by atoms with Crippen LogP contribution in [0, 0.1) is 13.8 Å². The number of halogens is 1. The number of nitrogens with zero attached hydrogens (tertiary/aromatic N) is 5. The fourth-order valence-corrected chi connectivity index (χ4v) is 3.47. The van der Waals surface area contributed by atoms with Gasteiger partial charge in [-0.05, 0) is 39.3 Å². The van der Waals surface area contributed by atoms with Crippen molar-refractivity contribution < 1.29 is 0 Å². The summed E-state index contributed by atoms with van der Waals surface area (Å²) in [7, 11) is 0. The van der Waals surface area contributed by atoms with Crippen LogP contribution in [-0.4, -0.2) is 36.9 Å². The number of aromatic nitrogens is 4. The van der Waals surface area contributed by atoms with E-state index in [1.54, 1.807) is 0 Å². The summed E-state index contributed by atoms with van der Waals surface area (Å²) in [6.45, 7) is 6.98. The minimum Gasteiger partial charge on any atom is -0.293 e. The first-order valence-corrected chi connectivity index (χ1v) is 8.00. The van der Waals surface area contributed by atoms with Gasteiger partial charge in [-0.1, -0.05) is 16.1 Å². The van der Waals surface area contributed by atoms with Gasteiger partial charge >= 0.3 is 0 Å². The summed E-state index contributed by atoms with van der Waals surface area (Å²) < 4.78 is 6.73. The first kappa shape index (κ1) is 14.0. The summed E-state index contributed by atoms with van der Waals surface area (Å²) >= 11 is 7.36. The topological polar surface area (TPSA) is 46.8 Å². The number of likely N-dealkylation sites (tertiary alicyclic amines) is 1. The lowest BCUT2D eigenvalue weighted by atomic mass is 10.2. The SMILES string of the molecule is Cc1cc(C)n(C[C@@H]2CCCN2Cc2nnsc2Cl)n1. The Kier molecular flexibility index (Phi) is 4.05.